The molecule has 16 heavy (non-hydrogen) atoms. The van der Waals surface area contributed by atoms with Gasteiger partial charge in [0.1, 0.15) is 6.17 Å². The zero-order valence-corrected chi connectivity index (χ0v) is 9.56. The van der Waals surface area contributed by atoms with Crippen molar-refractivity contribution in [3.8, 4) is 0 Å². The SMILES string of the molecule is Cl.O=C1CN(C(=O)[C@H]2C[C@H](F)CN2)CCN1. The molecule has 0 aromatic heterocycles. The third kappa shape index (κ3) is 2.82. The summed E-state index contributed by atoms with van der Waals surface area (Å²) in [6.07, 6.45) is -0.727. The van der Waals surface area contributed by atoms with E-state index >= 15 is 0 Å². The summed E-state index contributed by atoms with van der Waals surface area (Å²) in [6.45, 7) is 1.32. The highest BCUT2D eigenvalue weighted by Crippen LogP contribution is 2.12. The Morgan fingerprint density at radius 2 is 2.25 bits per heavy atom. The molecule has 0 unspecified atom stereocenters. The van der Waals surface area contributed by atoms with E-state index in [1.54, 1.807) is 0 Å². The van der Waals surface area contributed by atoms with Crippen molar-refractivity contribution in [1.29, 1.82) is 0 Å². The van der Waals surface area contributed by atoms with Crippen molar-refractivity contribution in [2.45, 2.75) is 18.6 Å². The number of carbonyl (C=O) groups is 2. The molecule has 0 saturated carbocycles. The van der Waals surface area contributed by atoms with Gasteiger partial charge in [-0.05, 0) is 0 Å². The van der Waals surface area contributed by atoms with Crippen molar-refractivity contribution in [3.63, 3.8) is 0 Å². The quantitative estimate of drug-likeness (QED) is 0.633. The fourth-order valence-corrected chi connectivity index (χ4v) is 1.93. The molecule has 2 atom stereocenters. The summed E-state index contributed by atoms with van der Waals surface area (Å²) < 4.78 is 12.9. The van der Waals surface area contributed by atoms with Gasteiger partial charge in [0, 0.05) is 26.1 Å². The van der Waals surface area contributed by atoms with Crippen molar-refractivity contribution < 1.29 is 14.0 Å². The highest BCUT2D eigenvalue weighted by molar-refractivity contribution is 5.88. The summed E-state index contributed by atoms with van der Waals surface area (Å²) in [5, 5.41) is 5.46. The first-order valence-electron chi connectivity index (χ1n) is 5.10. The number of alkyl halides is 1. The van der Waals surface area contributed by atoms with Crippen LogP contribution in [0.3, 0.4) is 0 Å². The molecule has 0 spiro atoms. The highest BCUT2D eigenvalue weighted by atomic mass is 35.5. The van der Waals surface area contributed by atoms with Crippen molar-refractivity contribution in [2.24, 2.45) is 0 Å². The van der Waals surface area contributed by atoms with E-state index in [9.17, 15) is 14.0 Å². The monoisotopic (exact) mass is 251 g/mol. The Bertz CT molecular complexity index is 290. The Morgan fingerprint density at radius 3 is 2.81 bits per heavy atom. The van der Waals surface area contributed by atoms with Gasteiger partial charge in [-0.3, -0.25) is 9.59 Å². The summed E-state index contributed by atoms with van der Waals surface area (Å²) in [6, 6.07) is -0.453. The van der Waals surface area contributed by atoms with Gasteiger partial charge in [0.05, 0.1) is 12.6 Å². The molecule has 5 nitrogen and oxygen atoms in total. The van der Waals surface area contributed by atoms with Gasteiger partial charge in [0.25, 0.3) is 0 Å². The minimum Gasteiger partial charge on any atom is -0.353 e. The molecular formula is C9H15ClFN3O2. The number of carbonyl (C=O) groups excluding carboxylic acids is 2. The van der Waals surface area contributed by atoms with Crippen LogP contribution in [0.4, 0.5) is 4.39 Å². The van der Waals surface area contributed by atoms with E-state index < -0.39 is 12.2 Å². The van der Waals surface area contributed by atoms with Crippen LogP contribution in [0, 0.1) is 0 Å². The minimum atomic E-state index is -0.947. The number of hydrogen-bond donors (Lipinski definition) is 2. The first-order chi connectivity index (χ1) is 7.16. The van der Waals surface area contributed by atoms with E-state index in [1.165, 1.54) is 4.90 Å². The molecular weight excluding hydrogens is 237 g/mol. The number of halogens is 2. The summed E-state index contributed by atoms with van der Waals surface area (Å²) in [5.41, 5.74) is 0. The lowest BCUT2D eigenvalue weighted by Gasteiger charge is -2.28. The maximum Gasteiger partial charge on any atom is 0.240 e. The molecule has 0 aromatic carbocycles. The number of hydrogen-bond acceptors (Lipinski definition) is 3. The molecule has 2 aliphatic rings. The zero-order chi connectivity index (χ0) is 10.8. The molecule has 2 amide bonds. The Labute approximate surface area is 99.1 Å². The molecule has 2 saturated heterocycles. The Morgan fingerprint density at radius 1 is 1.50 bits per heavy atom. The van der Waals surface area contributed by atoms with Gasteiger partial charge < -0.3 is 15.5 Å². The van der Waals surface area contributed by atoms with Crippen LogP contribution in [0.2, 0.25) is 0 Å². The Kier molecular flexibility index (Phi) is 4.49. The second-order valence-corrected chi connectivity index (χ2v) is 3.90. The fourth-order valence-electron chi connectivity index (χ4n) is 1.93. The van der Waals surface area contributed by atoms with Gasteiger partial charge in [0.15, 0.2) is 0 Å². The molecule has 0 radical (unpaired) electrons. The molecule has 2 fully saturated rings. The van der Waals surface area contributed by atoms with Crippen LogP contribution < -0.4 is 10.6 Å². The number of amides is 2. The number of nitrogens with zero attached hydrogens (tertiary/aromatic N) is 1. The van der Waals surface area contributed by atoms with Crippen molar-refractivity contribution in [1.82, 2.24) is 15.5 Å². The van der Waals surface area contributed by atoms with Gasteiger partial charge in [-0.2, -0.15) is 0 Å². The number of piperazine rings is 1. The van der Waals surface area contributed by atoms with E-state index in [0.717, 1.165) is 0 Å². The Hall–Kier alpha value is -0.880. The lowest BCUT2D eigenvalue weighted by Crippen LogP contribution is -2.54. The molecule has 0 aliphatic carbocycles. The topological polar surface area (TPSA) is 61.4 Å². The average Bonchev–Trinajstić information content (AvgIpc) is 2.64. The van der Waals surface area contributed by atoms with Gasteiger partial charge in [0.2, 0.25) is 11.8 Å². The summed E-state index contributed by atoms with van der Waals surface area (Å²) >= 11 is 0. The third-order valence-corrected chi connectivity index (χ3v) is 2.73. The van der Waals surface area contributed by atoms with E-state index in [-0.39, 0.29) is 43.7 Å². The lowest BCUT2D eigenvalue weighted by molar-refractivity contribution is -0.139. The van der Waals surface area contributed by atoms with Crippen molar-refractivity contribution in [3.05, 3.63) is 0 Å². The molecule has 0 bridgehead atoms. The fraction of sp³-hybridized carbons (Fsp3) is 0.778. The number of nitrogens with one attached hydrogen (secondary N) is 2. The van der Waals surface area contributed by atoms with Crippen LogP contribution >= 0.6 is 12.4 Å². The molecule has 0 aromatic rings. The minimum absolute atomic E-state index is 0. The van der Waals surface area contributed by atoms with Crippen molar-refractivity contribution in [2.75, 3.05) is 26.2 Å². The largest absolute Gasteiger partial charge is 0.353 e. The van der Waals surface area contributed by atoms with Crippen LogP contribution in [0.1, 0.15) is 6.42 Å². The molecule has 2 N–H and O–H groups in total. The van der Waals surface area contributed by atoms with E-state index in [2.05, 4.69) is 10.6 Å². The number of rotatable bonds is 1. The van der Waals surface area contributed by atoms with Crippen LogP contribution in [0.5, 0.6) is 0 Å². The first kappa shape index (κ1) is 13.2. The third-order valence-electron chi connectivity index (χ3n) is 2.73. The first-order valence-corrected chi connectivity index (χ1v) is 5.10. The summed E-state index contributed by atoms with van der Waals surface area (Å²) in [7, 11) is 0. The maximum absolute atomic E-state index is 12.9. The lowest BCUT2D eigenvalue weighted by atomic mass is 10.2. The van der Waals surface area contributed by atoms with Crippen LogP contribution in [0.25, 0.3) is 0 Å². The molecule has 92 valence electrons. The second-order valence-electron chi connectivity index (χ2n) is 3.90. The van der Waals surface area contributed by atoms with Gasteiger partial charge in [-0.25, -0.2) is 4.39 Å². The van der Waals surface area contributed by atoms with Gasteiger partial charge in [-0.15, -0.1) is 12.4 Å². The summed E-state index contributed by atoms with van der Waals surface area (Å²) in [4.78, 5) is 24.3. The van der Waals surface area contributed by atoms with Gasteiger partial charge >= 0.3 is 0 Å². The second kappa shape index (κ2) is 5.45. The zero-order valence-electron chi connectivity index (χ0n) is 8.74. The van der Waals surface area contributed by atoms with E-state index in [0.29, 0.717) is 13.1 Å². The van der Waals surface area contributed by atoms with E-state index in [4.69, 9.17) is 0 Å². The average molecular weight is 252 g/mol. The van der Waals surface area contributed by atoms with E-state index in [1.807, 2.05) is 0 Å². The highest BCUT2D eigenvalue weighted by Gasteiger charge is 2.33. The Balaban J connectivity index is 0.00000128. The predicted octanol–water partition coefficient (Wildman–Crippen LogP) is -0.933. The standard InChI is InChI=1S/C9H14FN3O2.ClH/c10-6-3-7(12-4-6)9(15)13-2-1-11-8(14)5-13;/h6-7,12H,1-5H2,(H,11,14);1H/t6-,7+;/m0./s1. The molecule has 2 rings (SSSR count). The van der Waals surface area contributed by atoms with Crippen molar-refractivity contribution >= 4 is 24.2 Å². The molecule has 7 heteroatoms. The van der Waals surface area contributed by atoms with Crippen LogP contribution in [-0.2, 0) is 9.59 Å². The van der Waals surface area contributed by atoms with Gasteiger partial charge in [-0.1, -0.05) is 0 Å². The molecule has 2 heterocycles. The predicted molar refractivity (Wildman–Crippen MR) is 58.1 cm³/mol. The summed E-state index contributed by atoms with van der Waals surface area (Å²) in [5.74, 6) is -0.311. The van der Waals surface area contributed by atoms with Crippen LogP contribution in [0.15, 0.2) is 0 Å². The van der Waals surface area contributed by atoms with Crippen LogP contribution in [-0.4, -0.2) is 55.1 Å². The smallest absolute Gasteiger partial charge is 0.240 e. The normalized spacial score (nSPS) is 29.6. The maximum atomic E-state index is 12.9. The molecule has 2 aliphatic heterocycles.